The van der Waals surface area contributed by atoms with Gasteiger partial charge in [-0.25, -0.2) is 4.79 Å². The van der Waals surface area contributed by atoms with Crippen LogP contribution < -0.4 is 26.5 Å². The number of hydrogen-bond acceptors (Lipinski definition) is 5. The average molecular weight is 341 g/mol. The molecular weight excluding hydrogens is 322 g/mol. The van der Waals surface area contributed by atoms with Crippen LogP contribution in [0.2, 0.25) is 0 Å². The third-order valence-electron chi connectivity index (χ3n) is 4.10. The smallest absolute Gasteiger partial charge is 0.332 e. The maximum absolute atomic E-state index is 12.8. The molecule has 0 amide bonds. The SMILES string of the molecule is COc1ccc(Cn2c(=O)c3ccccc3n(CN)c2=O)cc1OC. The number of methoxy groups -OCH3 is 2. The first-order valence-electron chi connectivity index (χ1n) is 7.74. The third kappa shape index (κ3) is 2.89. The molecule has 0 unspecified atom stereocenters. The molecular formula is C18H19N3O4. The van der Waals surface area contributed by atoms with Gasteiger partial charge in [0.05, 0.1) is 38.3 Å². The molecule has 25 heavy (non-hydrogen) atoms. The zero-order chi connectivity index (χ0) is 18.0. The molecule has 2 N–H and O–H groups in total. The fraction of sp³-hybridized carbons (Fsp3) is 0.222. The second-order valence-corrected chi connectivity index (χ2v) is 5.49. The Bertz CT molecular complexity index is 1040. The second-order valence-electron chi connectivity index (χ2n) is 5.49. The van der Waals surface area contributed by atoms with Gasteiger partial charge in [-0.3, -0.25) is 13.9 Å². The van der Waals surface area contributed by atoms with Gasteiger partial charge < -0.3 is 15.2 Å². The molecule has 0 saturated carbocycles. The maximum atomic E-state index is 12.8. The number of benzene rings is 2. The Hall–Kier alpha value is -3.06. The number of nitrogens with two attached hydrogens (primary N) is 1. The molecule has 1 heterocycles. The van der Waals surface area contributed by atoms with Crippen molar-refractivity contribution in [3.63, 3.8) is 0 Å². The predicted octanol–water partition coefficient (Wildman–Crippen LogP) is 1.14. The lowest BCUT2D eigenvalue weighted by Crippen LogP contribution is -2.41. The van der Waals surface area contributed by atoms with Gasteiger partial charge in [0.1, 0.15) is 0 Å². The van der Waals surface area contributed by atoms with Crippen molar-refractivity contribution in [2.75, 3.05) is 14.2 Å². The fourth-order valence-electron chi connectivity index (χ4n) is 2.85. The van der Waals surface area contributed by atoms with E-state index < -0.39 is 5.69 Å². The number of rotatable bonds is 5. The first kappa shape index (κ1) is 16.8. The zero-order valence-electron chi connectivity index (χ0n) is 14.1. The first-order valence-corrected chi connectivity index (χ1v) is 7.74. The highest BCUT2D eigenvalue weighted by Gasteiger charge is 2.13. The largest absolute Gasteiger partial charge is 0.493 e. The predicted molar refractivity (Wildman–Crippen MR) is 95.3 cm³/mol. The van der Waals surface area contributed by atoms with Crippen molar-refractivity contribution in [1.29, 1.82) is 0 Å². The fourth-order valence-corrected chi connectivity index (χ4v) is 2.85. The monoisotopic (exact) mass is 341 g/mol. The summed E-state index contributed by atoms with van der Waals surface area (Å²) in [5.41, 5.74) is 6.21. The van der Waals surface area contributed by atoms with Gasteiger partial charge >= 0.3 is 5.69 Å². The minimum absolute atomic E-state index is 0.00837. The third-order valence-corrected chi connectivity index (χ3v) is 4.10. The van der Waals surface area contributed by atoms with Gasteiger partial charge in [-0.1, -0.05) is 18.2 Å². The van der Waals surface area contributed by atoms with Crippen LogP contribution in [0.1, 0.15) is 5.56 Å². The lowest BCUT2D eigenvalue weighted by atomic mass is 10.2. The van der Waals surface area contributed by atoms with E-state index in [1.807, 2.05) is 0 Å². The van der Waals surface area contributed by atoms with E-state index in [0.29, 0.717) is 22.4 Å². The van der Waals surface area contributed by atoms with Gasteiger partial charge in [0.25, 0.3) is 5.56 Å². The van der Waals surface area contributed by atoms with Crippen LogP contribution in [-0.4, -0.2) is 23.4 Å². The lowest BCUT2D eigenvalue weighted by molar-refractivity contribution is 0.354. The van der Waals surface area contributed by atoms with E-state index in [4.69, 9.17) is 15.2 Å². The lowest BCUT2D eigenvalue weighted by Gasteiger charge is -2.14. The standard InChI is InChI=1S/C18H19N3O4/c1-24-15-8-7-12(9-16(15)25-2)10-20-17(22)13-5-3-4-6-14(13)21(11-19)18(20)23/h3-9H,10-11,19H2,1-2H3. The Morgan fingerprint density at radius 2 is 1.68 bits per heavy atom. The summed E-state index contributed by atoms with van der Waals surface area (Å²) < 4.78 is 13.0. The molecule has 0 fully saturated rings. The van der Waals surface area contributed by atoms with E-state index in [9.17, 15) is 9.59 Å². The van der Waals surface area contributed by atoms with Gasteiger partial charge in [0, 0.05) is 0 Å². The van der Waals surface area contributed by atoms with Crippen LogP contribution in [0, 0.1) is 0 Å². The van der Waals surface area contributed by atoms with E-state index in [0.717, 1.165) is 5.56 Å². The Kier molecular flexibility index (Phi) is 4.58. The Morgan fingerprint density at radius 1 is 0.960 bits per heavy atom. The molecule has 0 spiro atoms. The molecule has 0 atom stereocenters. The van der Waals surface area contributed by atoms with Gasteiger partial charge in [0.15, 0.2) is 11.5 Å². The molecule has 3 rings (SSSR count). The molecule has 1 aromatic heterocycles. The van der Waals surface area contributed by atoms with Crippen LogP contribution in [-0.2, 0) is 13.2 Å². The van der Waals surface area contributed by atoms with Gasteiger partial charge in [-0.2, -0.15) is 0 Å². The van der Waals surface area contributed by atoms with Crippen molar-refractivity contribution in [2.45, 2.75) is 13.2 Å². The number of nitrogens with zero attached hydrogens (tertiary/aromatic N) is 2. The molecule has 130 valence electrons. The molecule has 7 heteroatoms. The average Bonchev–Trinajstić information content (AvgIpc) is 2.65. The number of fused-ring (bicyclic) bond motifs is 1. The highest BCUT2D eigenvalue weighted by molar-refractivity contribution is 5.77. The second kappa shape index (κ2) is 6.82. The summed E-state index contributed by atoms with van der Waals surface area (Å²) in [6.45, 7) is 0.106. The van der Waals surface area contributed by atoms with Crippen molar-refractivity contribution in [1.82, 2.24) is 9.13 Å². The molecule has 0 aliphatic carbocycles. The molecule has 0 aliphatic rings. The van der Waals surface area contributed by atoms with E-state index in [1.54, 1.807) is 49.6 Å². The summed E-state index contributed by atoms with van der Waals surface area (Å²) in [5, 5.41) is 0.452. The summed E-state index contributed by atoms with van der Waals surface area (Å²) >= 11 is 0. The summed E-state index contributed by atoms with van der Waals surface area (Å²) in [7, 11) is 3.08. The summed E-state index contributed by atoms with van der Waals surface area (Å²) in [4.78, 5) is 25.5. The highest BCUT2D eigenvalue weighted by atomic mass is 16.5. The summed E-state index contributed by atoms with van der Waals surface area (Å²) in [6.07, 6.45) is 0. The number of para-hydroxylation sites is 1. The molecule has 7 nitrogen and oxygen atoms in total. The van der Waals surface area contributed by atoms with Crippen molar-refractivity contribution in [3.05, 3.63) is 68.9 Å². The van der Waals surface area contributed by atoms with Gasteiger partial charge in [-0.15, -0.1) is 0 Å². The van der Waals surface area contributed by atoms with E-state index in [2.05, 4.69) is 0 Å². The topological polar surface area (TPSA) is 88.5 Å². The van der Waals surface area contributed by atoms with E-state index >= 15 is 0 Å². The quantitative estimate of drug-likeness (QED) is 0.752. The minimum Gasteiger partial charge on any atom is -0.493 e. The zero-order valence-corrected chi connectivity index (χ0v) is 14.1. The Morgan fingerprint density at radius 3 is 2.36 bits per heavy atom. The van der Waals surface area contributed by atoms with Gasteiger partial charge in [-0.05, 0) is 29.8 Å². The first-order chi connectivity index (χ1) is 12.1. The summed E-state index contributed by atoms with van der Waals surface area (Å²) in [6, 6.07) is 12.2. The molecule has 0 radical (unpaired) electrons. The molecule has 3 aromatic rings. The molecule has 0 saturated heterocycles. The van der Waals surface area contributed by atoms with E-state index in [1.165, 1.54) is 16.2 Å². The Labute approximate surface area is 143 Å². The van der Waals surface area contributed by atoms with Crippen LogP contribution in [0.4, 0.5) is 0 Å². The van der Waals surface area contributed by atoms with E-state index in [-0.39, 0.29) is 18.8 Å². The normalized spacial score (nSPS) is 10.8. The van der Waals surface area contributed by atoms with Crippen molar-refractivity contribution < 1.29 is 9.47 Å². The number of aromatic nitrogens is 2. The van der Waals surface area contributed by atoms with Crippen LogP contribution in [0.5, 0.6) is 11.5 Å². The summed E-state index contributed by atoms with van der Waals surface area (Å²) in [5.74, 6) is 1.12. The van der Waals surface area contributed by atoms with Gasteiger partial charge in [0.2, 0.25) is 0 Å². The molecule has 0 aliphatic heterocycles. The highest BCUT2D eigenvalue weighted by Crippen LogP contribution is 2.27. The van der Waals surface area contributed by atoms with Crippen molar-refractivity contribution >= 4 is 10.9 Å². The number of hydrogen-bond donors (Lipinski definition) is 1. The van der Waals surface area contributed by atoms with Crippen LogP contribution in [0.25, 0.3) is 10.9 Å². The van der Waals surface area contributed by atoms with Crippen molar-refractivity contribution in [2.24, 2.45) is 5.73 Å². The van der Waals surface area contributed by atoms with Crippen LogP contribution in [0.15, 0.2) is 52.1 Å². The molecule has 2 aromatic carbocycles. The van der Waals surface area contributed by atoms with Crippen LogP contribution in [0.3, 0.4) is 0 Å². The molecule has 0 bridgehead atoms. The minimum atomic E-state index is -0.444. The van der Waals surface area contributed by atoms with Crippen LogP contribution >= 0.6 is 0 Å². The number of ether oxygens (including phenoxy) is 2. The Balaban J connectivity index is 2.17. The maximum Gasteiger partial charge on any atom is 0.332 e. The van der Waals surface area contributed by atoms with Crippen molar-refractivity contribution in [3.8, 4) is 11.5 Å².